The topological polar surface area (TPSA) is 81.1 Å². The van der Waals surface area contributed by atoms with Gasteiger partial charge in [0.2, 0.25) is 5.91 Å². The van der Waals surface area contributed by atoms with E-state index in [2.05, 4.69) is 19.2 Å². The van der Waals surface area contributed by atoms with Gasteiger partial charge in [0.1, 0.15) is 0 Å². The second kappa shape index (κ2) is 9.89. The highest BCUT2D eigenvalue weighted by atomic mass is 35.5. The zero-order valence-electron chi connectivity index (χ0n) is 11.3. The van der Waals surface area contributed by atoms with Crippen LogP contribution in [0.3, 0.4) is 0 Å². The first-order valence-corrected chi connectivity index (χ1v) is 5.91. The lowest BCUT2D eigenvalue weighted by molar-refractivity contribution is -0.117. The number of carbonyl (C=O) groups excluding carboxylic acids is 1. The number of hydrogen-bond acceptors (Lipinski definition) is 3. The Kier molecular flexibility index (Phi) is 10.6. The molecule has 0 fully saturated rings. The molecule has 0 aliphatic heterocycles. The molecule has 0 aliphatic carbocycles. The van der Waals surface area contributed by atoms with Gasteiger partial charge >= 0.3 is 0 Å². The minimum absolute atomic E-state index is 0. The highest BCUT2D eigenvalue weighted by Crippen LogP contribution is 2.13. The van der Waals surface area contributed by atoms with Crippen LogP contribution >= 0.6 is 24.8 Å². The zero-order chi connectivity index (χ0) is 12.8. The summed E-state index contributed by atoms with van der Waals surface area (Å²) in [5, 5.41) is 2.76. The highest BCUT2D eigenvalue weighted by molar-refractivity contribution is 5.94. The van der Waals surface area contributed by atoms with E-state index in [-0.39, 0.29) is 30.7 Å². The van der Waals surface area contributed by atoms with Gasteiger partial charge in [-0.25, -0.2) is 0 Å². The van der Waals surface area contributed by atoms with Gasteiger partial charge in [0.05, 0.1) is 6.04 Å². The van der Waals surface area contributed by atoms with Crippen LogP contribution in [0.5, 0.6) is 0 Å². The Morgan fingerprint density at radius 1 is 1.26 bits per heavy atom. The molecule has 0 heterocycles. The van der Waals surface area contributed by atoms with Crippen molar-refractivity contribution in [2.45, 2.75) is 32.7 Å². The molecule has 1 rings (SSSR count). The molecule has 0 aliphatic rings. The summed E-state index contributed by atoms with van der Waals surface area (Å²) in [5.74, 6) is 0.400. The molecule has 1 atom stereocenters. The fourth-order valence-corrected chi connectivity index (χ4v) is 1.50. The molecule has 0 radical (unpaired) electrons. The lowest BCUT2D eigenvalue weighted by Crippen LogP contribution is -2.35. The van der Waals surface area contributed by atoms with Crippen molar-refractivity contribution >= 4 is 42.1 Å². The van der Waals surface area contributed by atoms with Gasteiger partial charge in [-0.3, -0.25) is 4.79 Å². The maximum atomic E-state index is 11.8. The van der Waals surface area contributed by atoms with Gasteiger partial charge in [-0.1, -0.05) is 19.9 Å². The molecule has 0 spiro atoms. The minimum Gasteiger partial charge on any atom is -0.399 e. The molecule has 0 saturated carbocycles. The predicted molar refractivity (Wildman–Crippen MR) is 86.0 cm³/mol. The molecule has 4 nitrogen and oxygen atoms in total. The maximum absolute atomic E-state index is 11.8. The monoisotopic (exact) mass is 307 g/mol. The van der Waals surface area contributed by atoms with E-state index < -0.39 is 6.04 Å². The van der Waals surface area contributed by atoms with Crippen molar-refractivity contribution in [2.75, 3.05) is 11.1 Å². The van der Waals surface area contributed by atoms with Crippen molar-refractivity contribution < 1.29 is 4.79 Å². The van der Waals surface area contributed by atoms with Crippen molar-refractivity contribution in [1.82, 2.24) is 0 Å². The Labute approximate surface area is 127 Å². The van der Waals surface area contributed by atoms with Crippen molar-refractivity contribution in [2.24, 2.45) is 11.7 Å². The van der Waals surface area contributed by atoms with Gasteiger partial charge in [0.25, 0.3) is 0 Å². The third-order valence-electron chi connectivity index (χ3n) is 2.55. The van der Waals surface area contributed by atoms with Gasteiger partial charge in [0.15, 0.2) is 0 Å². The summed E-state index contributed by atoms with van der Waals surface area (Å²) in [5.41, 5.74) is 12.7. The van der Waals surface area contributed by atoms with E-state index in [0.717, 1.165) is 6.42 Å². The third-order valence-corrected chi connectivity index (χ3v) is 2.55. The predicted octanol–water partition coefficient (Wildman–Crippen LogP) is 2.81. The summed E-state index contributed by atoms with van der Waals surface area (Å²) < 4.78 is 0. The summed E-state index contributed by atoms with van der Waals surface area (Å²) in [6.45, 7) is 4.23. The summed E-state index contributed by atoms with van der Waals surface area (Å²) in [6, 6.07) is 6.62. The number of halogens is 2. The number of nitrogens with two attached hydrogens (primary N) is 2. The van der Waals surface area contributed by atoms with Crippen LogP contribution in [0.1, 0.15) is 26.7 Å². The van der Waals surface area contributed by atoms with Crippen LogP contribution in [0.2, 0.25) is 0 Å². The number of carbonyl (C=O) groups is 1. The second-order valence-corrected chi connectivity index (χ2v) is 4.69. The first-order valence-electron chi connectivity index (χ1n) is 5.91. The molecule has 19 heavy (non-hydrogen) atoms. The fraction of sp³-hybridized carbons (Fsp3) is 0.462. The van der Waals surface area contributed by atoms with Crippen LogP contribution in [-0.4, -0.2) is 11.9 Å². The van der Waals surface area contributed by atoms with Gasteiger partial charge in [-0.15, -0.1) is 24.8 Å². The van der Waals surface area contributed by atoms with Crippen LogP contribution < -0.4 is 16.8 Å². The Bertz CT molecular complexity index is 386. The molecule has 6 heteroatoms. The second-order valence-electron chi connectivity index (χ2n) is 4.69. The van der Waals surface area contributed by atoms with E-state index in [0.29, 0.717) is 23.7 Å². The molecule has 1 aromatic rings. The molecule has 5 N–H and O–H groups in total. The third kappa shape index (κ3) is 7.93. The number of benzene rings is 1. The molecule has 0 aromatic heterocycles. The summed E-state index contributed by atoms with van der Waals surface area (Å²) in [6.07, 6.45) is 1.65. The van der Waals surface area contributed by atoms with Crippen LogP contribution in [0.25, 0.3) is 0 Å². The van der Waals surface area contributed by atoms with Crippen LogP contribution in [0.15, 0.2) is 24.3 Å². The minimum atomic E-state index is -0.459. The quantitative estimate of drug-likeness (QED) is 0.732. The molecular weight excluding hydrogens is 285 g/mol. The first-order chi connectivity index (χ1) is 7.99. The van der Waals surface area contributed by atoms with Crippen molar-refractivity contribution in [3.05, 3.63) is 24.3 Å². The maximum Gasteiger partial charge on any atom is 0.241 e. The molecule has 0 bridgehead atoms. The Morgan fingerprint density at radius 3 is 2.42 bits per heavy atom. The number of hydrogen-bond donors (Lipinski definition) is 3. The zero-order valence-corrected chi connectivity index (χ0v) is 12.9. The highest BCUT2D eigenvalue weighted by Gasteiger charge is 2.13. The average Bonchev–Trinajstić information content (AvgIpc) is 2.25. The SMILES string of the molecule is CC(C)CCC(N)C(=O)Nc1cccc(N)c1.Cl.Cl. The average molecular weight is 308 g/mol. The number of amides is 1. The lowest BCUT2D eigenvalue weighted by atomic mass is 10.0. The smallest absolute Gasteiger partial charge is 0.241 e. The Balaban J connectivity index is 0. The van der Waals surface area contributed by atoms with E-state index in [9.17, 15) is 4.79 Å². The molecule has 0 saturated heterocycles. The van der Waals surface area contributed by atoms with Crippen LogP contribution in [0, 0.1) is 5.92 Å². The first kappa shape index (κ1) is 20.3. The van der Waals surface area contributed by atoms with Gasteiger partial charge in [-0.05, 0) is 37.0 Å². The van der Waals surface area contributed by atoms with Crippen molar-refractivity contribution in [1.29, 1.82) is 0 Å². The van der Waals surface area contributed by atoms with Gasteiger partial charge in [-0.2, -0.15) is 0 Å². The van der Waals surface area contributed by atoms with E-state index in [4.69, 9.17) is 11.5 Å². The summed E-state index contributed by atoms with van der Waals surface area (Å²) in [4.78, 5) is 11.8. The molecule has 110 valence electrons. The van der Waals surface area contributed by atoms with Crippen LogP contribution in [0.4, 0.5) is 11.4 Å². The van der Waals surface area contributed by atoms with Gasteiger partial charge < -0.3 is 16.8 Å². The van der Waals surface area contributed by atoms with E-state index >= 15 is 0 Å². The summed E-state index contributed by atoms with van der Waals surface area (Å²) >= 11 is 0. The van der Waals surface area contributed by atoms with Gasteiger partial charge in [0, 0.05) is 11.4 Å². The largest absolute Gasteiger partial charge is 0.399 e. The number of anilines is 2. The Morgan fingerprint density at radius 2 is 1.89 bits per heavy atom. The summed E-state index contributed by atoms with van der Waals surface area (Å²) in [7, 11) is 0. The molecule has 1 aromatic carbocycles. The lowest BCUT2D eigenvalue weighted by Gasteiger charge is -2.13. The van der Waals surface area contributed by atoms with E-state index in [1.165, 1.54) is 0 Å². The Hall–Kier alpha value is -0.970. The van der Waals surface area contributed by atoms with Crippen molar-refractivity contribution in [3.63, 3.8) is 0 Å². The molecule has 1 amide bonds. The number of nitrogen functional groups attached to an aromatic ring is 1. The number of rotatable bonds is 5. The standard InChI is InChI=1S/C13H21N3O.2ClH/c1-9(2)6-7-12(15)13(17)16-11-5-3-4-10(14)8-11;;/h3-5,8-9,12H,6-7,14-15H2,1-2H3,(H,16,17);2*1H. The van der Waals surface area contributed by atoms with E-state index in [1.807, 2.05) is 0 Å². The molecular formula is C13H23Cl2N3O. The number of nitrogens with one attached hydrogen (secondary N) is 1. The van der Waals surface area contributed by atoms with Crippen LogP contribution in [-0.2, 0) is 4.79 Å². The normalized spacial score (nSPS) is 11.2. The van der Waals surface area contributed by atoms with Crippen molar-refractivity contribution in [3.8, 4) is 0 Å². The molecule has 1 unspecified atom stereocenters. The fourth-order valence-electron chi connectivity index (χ4n) is 1.50. The van der Waals surface area contributed by atoms with E-state index in [1.54, 1.807) is 24.3 Å².